The molecule has 0 aromatic heterocycles. The summed E-state index contributed by atoms with van der Waals surface area (Å²) in [6.45, 7) is 17.4. The summed E-state index contributed by atoms with van der Waals surface area (Å²) >= 11 is 10.4. The molecule has 2 aromatic rings. The minimum atomic E-state index is 0.207. The number of benzene rings is 2. The predicted molar refractivity (Wildman–Crippen MR) is 222 cm³/mol. The minimum absolute atomic E-state index is 0.207. The van der Waals surface area contributed by atoms with Gasteiger partial charge in [-0.1, -0.05) is 75.9 Å². The molecule has 0 spiro atoms. The Bertz CT molecular complexity index is 1400. The fourth-order valence-corrected chi connectivity index (χ4v) is 10.1. The largest absolute Gasteiger partial charge is 0.491 e. The zero-order chi connectivity index (χ0) is 36.2. The molecular weight excluding hydrogens is 692 g/mol. The molecule has 1 saturated heterocycles. The first-order valence-corrected chi connectivity index (χ1v) is 22.0. The van der Waals surface area contributed by atoms with Crippen molar-refractivity contribution in [3.63, 3.8) is 0 Å². The maximum atomic E-state index is 12.0. The molecule has 1 saturated carbocycles. The van der Waals surface area contributed by atoms with Crippen molar-refractivity contribution in [2.75, 3.05) is 75.9 Å². The van der Waals surface area contributed by atoms with Crippen molar-refractivity contribution in [1.82, 2.24) is 14.9 Å². The number of rotatable bonds is 15. The number of thioether (sulfide) groups is 1. The summed E-state index contributed by atoms with van der Waals surface area (Å²) in [6, 6.07) is 12.4. The molecule has 5 rings (SSSR count). The van der Waals surface area contributed by atoms with Crippen LogP contribution in [0.4, 0.5) is 5.69 Å². The van der Waals surface area contributed by atoms with Crippen LogP contribution in [0.15, 0.2) is 48.6 Å². The molecule has 1 aliphatic carbocycles. The number of hydrogen-bond acceptors (Lipinski definition) is 8. The first-order valence-electron chi connectivity index (χ1n) is 19.6. The molecule has 9 heteroatoms. The Hall–Kier alpha value is -1.68. The number of nitrogens with zero attached hydrogens (tertiary/aromatic N) is 2. The third-order valence-electron chi connectivity index (χ3n) is 11.6. The summed E-state index contributed by atoms with van der Waals surface area (Å²) in [6.07, 6.45) is 11.8. The van der Waals surface area contributed by atoms with Gasteiger partial charge in [-0.25, -0.2) is 0 Å². The topological polar surface area (TPSA) is 56.8 Å². The third kappa shape index (κ3) is 11.4. The maximum absolute atomic E-state index is 12.0. The molecule has 3 aliphatic rings. The summed E-state index contributed by atoms with van der Waals surface area (Å²) in [5.41, 5.74) is 4.42. The van der Waals surface area contributed by atoms with Crippen molar-refractivity contribution < 1.29 is 9.53 Å². The van der Waals surface area contributed by atoms with Gasteiger partial charge in [-0.15, -0.1) is 0 Å². The molecular formula is C42H63ClN4O2S2. The van der Waals surface area contributed by atoms with E-state index >= 15 is 0 Å². The number of fused-ring (bicyclic) bond motifs is 1. The standard InChI is InChI=1S/C42H63ClN4O2S2/c1-6-9-34-24-37(43)13-14-38(34)36-26-47(41-23-33(28-48)12-15-42(41)49-29-36)27-40-31(3)22-39(40)35(11-7-10-30(2)32(4)51-44-5)25-46-18-8-20-50-21-17-45-16-19-46/h7,11-15,23-24,28,30-32,35-36,39-40,44-45H,6,8-10,16-22,25-27,29H2,1-5H3/b11-7+. The second-order valence-electron chi connectivity index (χ2n) is 15.2. The summed E-state index contributed by atoms with van der Waals surface area (Å²) in [7, 11) is 2.02. The Morgan fingerprint density at radius 3 is 2.80 bits per heavy atom. The number of allylic oxidation sites excluding steroid dienone is 1. The number of ether oxygens (including phenoxy) is 1. The van der Waals surface area contributed by atoms with E-state index in [0.717, 1.165) is 81.3 Å². The summed E-state index contributed by atoms with van der Waals surface area (Å²) < 4.78 is 9.87. The highest BCUT2D eigenvalue weighted by molar-refractivity contribution is 7.99. The van der Waals surface area contributed by atoms with Crippen LogP contribution in [0.25, 0.3) is 0 Å². The summed E-state index contributed by atoms with van der Waals surface area (Å²) in [5, 5.41) is 5.04. The normalized spacial score (nSPS) is 25.3. The molecule has 7 unspecified atom stereocenters. The lowest BCUT2D eigenvalue weighted by Gasteiger charge is -2.50. The molecule has 0 bridgehead atoms. The van der Waals surface area contributed by atoms with Gasteiger partial charge in [0.2, 0.25) is 0 Å². The van der Waals surface area contributed by atoms with Gasteiger partial charge in [0.25, 0.3) is 0 Å². The first-order chi connectivity index (χ1) is 24.8. The lowest BCUT2D eigenvalue weighted by atomic mass is 9.60. The molecule has 2 fully saturated rings. The second-order valence-corrected chi connectivity index (χ2v) is 18.3. The number of halogens is 1. The van der Waals surface area contributed by atoms with Crippen molar-refractivity contribution in [2.45, 2.75) is 71.0 Å². The number of anilines is 1. The van der Waals surface area contributed by atoms with Gasteiger partial charge >= 0.3 is 0 Å². The number of carbonyl (C=O) groups is 1. The maximum Gasteiger partial charge on any atom is 0.150 e. The van der Waals surface area contributed by atoms with Gasteiger partial charge in [0, 0.05) is 66.8 Å². The summed E-state index contributed by atoms with van der Waals surface area (Å²) in [5.74, 6) is 6.47. The number of hydrogen-bond donors (Lipinski definition) is 2. The Labute approximate surface area is 322 Å². The second kappa shape index (κ2) is 20.7. The van der Waals surface area contributed by atoms with Crippen LogP contribution in [0.2, 0.25) is 5.02 Å². The van der Waals surface area contributed by atoms with Crippen LogP contribution in [0.3, 0.4) is 0 Å². The average molecular weight is 756 g/mol. The van der Waals surface area contributed by atoms with Gasteiger partial charge in [-0.3, -0.25) is 9.52 Å². The highest BCUT2D eigenvalue weighted by atomic mass is 35.5. The van der Waals surface area contributed by atoms with Gasteiger partial charge < -0.3 is 19.9 Å². The van der Waals surface area contributed by atoms with E-state index in [-0.39, 0.29) is 5.92 Å². The van der Waals surface area contributed by atoms with Crippen LogP contribution in [0, 0.1) is 29.6 Å². The molecule has 6 nitrogen and oxygen atoms in total. The highest BCUT2D eigenvalue weighted by Crippen LogP contribution is 2.48. The van der Waals surface area contributed by atoms with E-state index in [1.165, 1.54) is 42.0 Å². The number of nitrogens with one attached hydrogen (secondary N) is 2. The van der Waals surface area contributed by atoms with E-state index in [4.69, 9.17) is 16.3 Å². The van der Waals surface area contributed by atoms with E-state index in [1.54, 1.807) is 0 Å². The number of carbonyl (C=O) groups excluding carboxylic acids is 1. The lowest BCUT2D eigenvalue weighted by molar-refractivity contribution is 0.0406. The van der Waals surface area contributed by atoms with Gasteiger partial charge in [0.1, 0.15) is 12.0 Å². The molecule has 2 aliphatic heterocycles. The zero-order valence-corrected chi connectivity index (χ0v) is 34.1. The van der Waals surface area contributed by atoms with Crippen LogP contribution in [0.5, 0.6) is 5.75 Å². The Kier molecular flexibility index (Phi) is 16.4. The Balaban J connectivity index is 1.41. The van der Waals surface area contributed by atoms with Gasteiger partial charge in [-0.05, 0) is 116 Å². The average Bonchev–Trinajstić information content (AvgIpc) is 3.31. The van der Waals surface area contributed by atoms with E-state index in [9.17, 15) is 4.79 Å². The molecule has 2 N–H and O–H groups in total. The quantitative estimate of drug-likeness (QED) is 0.106. The molecule has 0 radical (unpaired) electrons. The number of aldehydes is 1. The fourth-order valence-electron chi connectivity index (χ4n) is 8.36. The predicted octanol–water partition coefficient (Wildman–Crippen LogP) is 8.84. The van der Waals surface area contributed by atoms with Gasteiger partial charge in [0.05, 0.1) is 12.3 Å². The van der Waals surface area contributed by atoms with E-state index in [2.05, 4.69) is 89.6 Å². The van der Waals surface area contributed by atoms with Crippen molar-refractivity contribution in [3.05, 3.63) is 70.3 Å². The zero-order valence-electron chi connectivity index (χ0n) is 31.7. The number of aryl methyl sites for hydroxylation is 1. The van der Waals surface area contributed by atoms with Crippen molar-refractivity contribution >= 4 is 47.3 Å². The van der Waals surface area contributed by atoms with Crippen LogP contribution >= 0.6 is 35.3 Å². The van der Waals surface area contributed by atoms with Crippen LogP contribution in [0.1, 0.15) is 80.8 Å². The molecule has 2 heterocycles. The lowest BCUT2D eigenvalue weighted by Crippen LogP contribution is -2.49. The van der Waals surface area contributed by atoms with Crippen molar-refractivity contribution in [2.24, 2.45) is 29.6 Å². The fraction of sp³-hybridized carbons (Fsp3) is 0.643. The Morgan fingerprint density at radius 2 is 2.02 bits per heavy atom. The van der Waals surface area contributed by atoms with Crippen molar-refractivity contribution in [3.8, 4) is 5.75 Å². The minimum Gasteiger partial charge on any atom is -0.491 e. The molecule has 2 aromatic carbocycles. The first kappa shape index (κ1) is 40.5. The van der Waals surface area contributed by atoms with Crippen LogP contribution < -0.4 is 19.7 Å². The summed E-state index contributed by atoms with van der Waals surface area (Å²) in [4.78, 5) is 17.3. The third-order valence-corrected chi connectivity index (χ3v) is 13.9. The SMILES string of the molecule is CCCc1cc(Cl)ccc1C1COc2ccc(C=O)cc2N(CC2C(C)CC2C(/C=C/CC(C)C(C)SNC)CN2CCCSCCNCC2)C1. The highest BCUT2D eigenvalue weighted by Gasteiger charge is 2.43. The van der Waals surface area contributed by atoms with E-state index in [1.807, 2.05) is 37.2 Å². The van der Waals surface area contributed by atoms with E-state index < -0.39 is 0 Å². The molecule has 282 valence electrons. The Morgan fingerprint density at radius 1 is 1.16 bits per heavy atom. The monoisotopic (exact) mass is 754 g/mol. The van der Waals surface area contributed by atoms with Crippen LogP contribution in [-0.2, 0) is 6.42 Å². The molecule has 51 heavy (non-hydrogen) atoms. The smallest absolute Gasteiger partial charge is 0.150 e. The molecule has 0 amide bonds. The van der Waals surface area contributed by atoms with Gasteiger partial charge in [0.15, 0.2) is 0 Å². The molecule has 7 atom stereocenters. The van der Waals surface area contributed by atoms with Crippen molar-refractivity contribution in [1.29, 1.82) is 0 Å². The van der Waals surface area contributed by atoms with Gasteiger partial charge in [-0.2, -0.15) is 11.8 Å². The van der Waals surface area contributed by atoms with Crippen LogP contribution in [-0.4, -0.2) is 87.4 Å². The van der Waals surface area contributed by atoms with E-state index in [0.29, 0.717) is 47.0 Å².